The van der Waals surface area contributed by atoms with Gasteiger partial charge >= 0.3 is 0 Å². The molecule has 0 saturated heterocycles. The van der Waals surface area contributed by atoms with Gasteiger partial charge < -0.3 is 0 Å². The van der Waals surface area contributed by atoms with Crippen molar-refractivity contribution in [3.63, 3.8) is 0 Å². The Labute approximate surface area is 108 Å². The quantitative estimate of drug-likeness (QED) is 0.591. The Morgan fingerprint density at radius 3 is 1.33 bits per heavy atom. The van der Waals surface area contributed by atoms with E-state index in [-0.39, 0.29) is 0 Å². The first kappa shape index (κ1) is 10.8. The van der Waals surface area contributed by atoms with Crippen LogP contribution < -0.4 is 0 Å². The summed E-state index contributed by atoms with van der Waals surface area (Å²) in [6.45, 7) is 0. The maximum Gasteiger partial charge on any atom is -0.00143 e. The maximum atomic E-state index is 3.48. The molecule has 3 rings (SSSR count). The molecular formula is C18H13. The van der Waals surface area contributed by atoms with Crippen LogP contribution in [0.3, 0.4) is 0 Å². The molecule has 0 fully saturated rings. The van der Waals surface area contributed by atoms with Crippen LogP contribution in [0.2, 0.25) is 0 Å². The van der Waals surface area contributed by atoms with Gasteiger partial charge in [-0.25, -0.2) is 0 Å². The predicted molar refractivity (Wildman–Crippen MR) is 76.2 cm³/mol. The van der Waals surface area contributed by atoms with Crippen LogP contribution in [-0.4, -0.2) is 0 Å². The smallest absolute Gasteiger partial charge is 0.00143 e. The van der Waals surface area contributed by atoms with Crippen molar-refractivity contribution in [2.24, 2.45) is 0 Å². The molecule has 3 aromatic rings. The van der Waals surface area contributed by atoms with Crippen LogP contribution in [-0.2, 0) is 0 Å². The van der Waals surface area contributed by atoms with Crippen LogP contribution in [0.15, 0.2) is 78.9 Å². The fourth-order valence-electron chi connectivity index (χ4n) is 2.04. The Hall–Kier alpha value is -2.34. The van der Waals surface area contributed by atoms with Gasteiger partial charge in [0.1, 0.15) is 0 Å². The summed E-state index contributed by atoms with van der Waals surface area (Å²) in [5, 5.41) is 0. The Bertz CT molecular complexity index is 570. The van der Waals surface area contributed by atoms with Crippen molar-refractivity contribution in [2.45, 2.75) is 0 Å². The molecule has 0 aliphatic carbocycles. The molecule has 0 spiro atoms. The van der Waals surface area contributed by atoms with Gasteiger partial charge in [-0.3, -0.25) is 0 Å². The first-order valence-electron chi connectivity index (χ1n) is 6.07. The minimum absolute atomic E-state index is 1.14. The molecule has 0 aliphatic rings. The molecule has 1 radical (unpaired) electrons. The van der Waals surface area contributed by atoms with E-state index in [1.165, 1.54) is 11.1 Å². The van der Waals surface area contributed by atoms with E-state index in [1.807, 2.05) is 12.1 Å². The SMILES string of the molecule is [c]1c(-c2ccccc2)cccc1-c1ccccc1. The largest absolute Gasteiger partial charge is 0.0622 e. The molecule has 0 unspecified atom stereocenters. The van der Waals surface area contributed by atoms with Crippen LogP contribution >= 0.6 is 0 Å². The van der Waals surface area contributed by atoms with Crippen molar-refractivity contribution in [3.8, 4) is 22.3 Å². The van der Waals surface area contributed by atoms with Crippen molar-refractivity contribution in [2.75, 3.05) is 0 Å². The minimum Gasteiger partial charge on any atom is -0.0622 e. The third-order valence-corrected chi connectivity index (χ3v) is 2.96. The molecule has 0 heteroatoms. The first-order valence-corrected chi connectivity index (χ1v) is 6.07. The Morgan fingerprint density at radius 1 is 0.444 bits per heavy atom. The van der Waals surface area contributed by atoms with E-state index in [0.717, 1.165) is 11.1 Å². The van der Waals surface area contributed by atoms with E-state index < -0.39 is 0 Å². The number of hydrogen-bond donors (Lipinski definition) is 0. The number of rotatable bonds is 2. The lowest BCUT2D eigenvalue weighted by atomic mass is 9.99. The third-order valence-electron chi connectivity index (χ3n) is 2.96. The molecule has 0 nitrogen and oxygen atoms in total. The van der Waals surface area contributed by atoms with E-state index in [4.69, 9.17) is 0 Å². The molecule has 0 heterocycles. The van der Waals surface area contributed by atoms with Gasteiger partial charge in [-0.1, -0.05) is 78.9 Å². The number of hydrogen-bond acceptors (Lipinski definition) is 0. The highest BCUT2D eigenvalue weighted by Crippen LogP contribution is 2.25. The summed E-state index contributed by atoms with van der Waals surface area (Å²) in [4.78, 5) is 0. The lowest BCUT2D eigenvalue weighted by Crippen LogP contribution is -1.81. The van der Waals surface area contributed by atoms with Crippen molar-refractivity contribution >= 4 is 0 Å². The van der Waals surface area contributed by atoms with Crippen molar-refractivity contribution < 1.29 is 0 Å². The monoisotopic (exact) mass is 229 g/mol. The summed E-state index contributed by atoms with van der Waals surface area (Å²) >= 11 is 0. The molecule has 0 atom stereocenters. The average molecular weight is 229 g/mol. The molecule has 85 valence electrons. The third kappa shape index (κ3) is 2.18. The fraction of sp³-hybridized carbons (Fsp3) is 0. The highest BCUT2D eigenvalue weighted by molar-refractivity contribution is 5.71. The summed E-state index contributed by atoms with van der Waals surface area (Å²) in [5.41, 5.74) is 4.68. The Balaban J connectivity index is 2.05. The molecule has 0 bridgehead atoms. The van der Waals surface area contributed by atoms with E-state index in [2.05, 4.69) is 72.8 Å². The van der Waals surface area contributed by atoms with E-state index in [1.54, 1.807) is 0 Å². The summed E-state index contributed by atoms with van der Waals surface area (Å²) in [7, 11) is 0. The highest BCUT2D eigenvalue weighted by Gasteiger charge is 2.00. The lowest BCUT2D eigenvalue weighted by molar-refractivity contribution is 1.58. The second-order valence-corrected chi connectivity index (χ2v) is 4.21. The molecule has 0 aromatic heterocycles. The van der Waals surface area contributed by atoms with E-state index in [9.17, 15) is 0 Å². The molecule has 3 aromatic carbocycles. The Kier molecular flexibility index (Phi) is 2.93. The van der Waals surface area contributed by atoms with Crippen molar-refractivity contribution in [3.05, 3.63) is 84.9 Å². The molecule has 0 amide bonds. The molecule has 18 heavy (non-hydrogen) atoms. The molecular weight excluding hydrogens is 216 g/mol. The van der Waals surface area contributed by atoms with Gasteiger partial charge in [-0.2, -0.15) is 0 Å². The molecule has 0 N–H and O–H groups in total. The van der Waals surface area contributed by atoms with Gasteiger partial charge in [0.15, 0.2) is 0 Å². The van der Waals surface area contributed by atoms with Crippen LogP contribution in [0, 0.1) is 6.07 Å². The highest BCUT2D eigenvalue weighted by atomic mass is 14.0. The summed E-state index contributed by atoms with van der Waals surface area (Å²) in [5.74, 6) is 0. The predicted octanol–water partition coefficient (Wildman–Crippen LogP) is 4.82. The topological polar surface area (TPSA) is 0 Å². The standard InChI is InChI=1S/C18H13/c1-3-8-15(9-4-1)17-12-7-13-18(14-17)16-10-5-2-6-11-16/h1-13H. The second kappa shape index (κ2) is 4.89. The fourth-order valence-corrected chi connectivity index (χ4v) is 2.04. The molecule has 0 aliphatic heterocycles. The lowest BCUT2D eigenvalue weighted by Gasteiger charge is -2.05. The van der Waals surface area contributed by atoms with Gasteiger partial charge in [-0.05, 0) is 28.3 Å². The van der Waals surface area contributed by atoms with Gasteiger partial charge in [-0.15, -0.1) is 0 Å². The van der Waals surface area contributed by atoms with Crippen LogP contribution in [0.4, 0.5) is 0 Å². The number of benzene rings is 3. The van der Waals surface area contributed by atoms with E-state index >= 15 is 0 Å². The molecule has 0 saturated carbocycles. The summed E-state index contributed by atoms with van der Waals surface area (Å²) in [6, 6.07) is 30.5. The van der Waals surface area contributed by atoms with Gasteiger partial charge in [0.25, 0.3) is 0 Å². The minimum atomic E-state index is 1.14. The van der Waals surface area contributed by atoms with Gasteiger partial charge in [0.05, 0.1) is 0 Å². The Morgan fingerprint density at radius 2 is 0.889 bits per heavy atom. The van der Waals surface area contributed by atoms with Crippen LogP contribution in [0.1, 0.15) is 0 Å². The summed E-state index contributed by atoms with van der Waals surface area (Å²) in [6.07, 6.45) is 0. The van der Waals surface area contributed by atoms with Gasteiger partial charge in [0.2, 0.25) is 0 Å². The normalized spacial score (nSPS) is 10.2. The first-order chi connectivity index (χ1) is 8.93. The van der Waals surface area contributed by atoms with Crippen molar-refractivity contribution in [1.82, 2.24) is 0 Å². The van der Waals surface area contributed by atoms with Crippen LogP contribution in [0.25, 0.3) is 22.3 Å². The van der Waals surface area contributed by atoms with Crippen LogP contribution in [0.5, 0.6) is 0 Å². The van der Waals surface area contributed by atoms with E-state index in [0.29, 0.717) is 0 Å². The summed E-state index contributed by atoms with van der Waals surface area (Å²) < 4.78 is 0. The zero-order valence-corrected chi connectivity index (χ0v) is 10.0. The second-order valence-electron chi connectivity index (χ2n) is 4.21. The van der Waals surface area contributed by atoms with Gasteiger partial charge in [0, 0.05) is 0 Å². The zero-order valence-electron chi connectivity index (χ0n) is 10.0. The van der Waals surface area contributed by atoms with Crippen molar-refractivity contribution in [1.29, 1.82) is 0 Å². The zero-order chi connectivity index (χ0) is 12.2. The average Bonchev–Trinajstić information content (AvgIpc) is 2.49. The maximum absolute atomic E-state index is 3.48.